The molecule has 168 valence electrons. The summed E-state index contributed by atoms with van der Waals surface area (Å²) < 4.78 is 30.9. The van der Waals surface area contributed by atoms with E-state index >= 15 is 0 Å². The quantitative estimate of drug-likeness (QED) is 0.300. The molecule has 0 aliphatic heterocycles. The third-order valence-corrected chi connectivity index (χ3v) is 6.62. The lowest BCUT2D eigenvalue weighted by atomic mass is 10.1. The first kappa shape index (κ1) is 23.4. The van der Waals surface area contributed by atoms with Gasteiger partial charge in [0.1, 0.15) is 11.5 Å². The molecular formula is C25H28NO5P. The largest absolute Gasteiger partial charge is 0.541 e. The van der Waals surface area contributed by atoms with Gasteiger partial charge in [-0.1, -0.05) is 24.3 Å². The average molecular weight is 453 g/mol. The maximum absolute atomic E-state index is 13.9. The van der Waals surface area contributed by atoms with Crippen LogP contribution in [0.3, 0.4) is 0 Å². The van der Waals surface area contributed by atoms with Gasteiger partial charge < -0.3 is 13.8 Å². The highest BCUT2D eigenvalue weighted by atomic mass is 31.2. The normalized spacial score (nSPS) is 11.0. The minimum Gasteiger partial charge on any atom is -0.462 e. The zero-order chi connectivity index (χ0) is 23.3. The SMILES string of the molecule is CCOC(=O)c1ccc(NP(=O)(Oc2cccc(C)c2C)Oc2cccc(C)c2C)cc1. The standard InChI is InChI=1S/C25H28NO5P/c1-6-29-25(27)21-13-15-22(16-14-21)26-32(28,30-23-11-7-9-17(2)19(23)4)31-24-12-8-10-18(3)20(24)5/h7-16H,6H2,1-5H3,(H,26,28). The summed E-state index contributed by atoms with van der Waals surface area (Å²) in [5.74, 6) is 0.518. The molecule has 0 atom stereocenters. The number of carbonyl (C=O) groups excluding carboxylic acids is 1. The Morgan fingerprint density at radius 1 is 0.812 bits per heavy atom. The van der Waals surface area contributed by atoms with E-state index in [-0.39, 0.29) is 0 Å². The van der Waals surface area contributed by atoms with Gasteiger partial charge in [-0.05, 0) is 93.3 Å². The Morgan fingerprint density at radius 2 is 1.31 bits per heavy atom. The van der Waals surface area contributed by atoms with E-state index in [0.717, 1.165) is 22.3 Å². The van der Waals surface area contributed by atoms with Crippen LogP contribution in [0.4, 0.5) is 5.69 Å². The van der Waals surface area contributed by atoms with Crippen LogP contribution in [-0.2, 0) is 9.30 Å². The van der Waals surface area contributed by atoms with Gasteiger partial charge in [0.15, 0.2) is 0 Å². The minimum absolute atomic E-state index is 0.293. The van der Waals surface area contributed by atoms with Crippen LogP contribution in [-0.4, -0.2) is 12.6 Å². The number of aryl methyl sites for hydroxylation is 2. The molecule has 0 bridgehead atoms. The second-order valence-electron chi connectivity index (χ2n) is 7.49. The van der Waals surface area contributed by atoms with Gasteiger partial charge in [0.25, 0.3) is 0 Å². The van der Waals surface area contributed by atoms with Gasteiger partial charge in [-0.15, -0.1) is 0 Å². The van der Waals surface area contributed by atoms with Crippen molar-refractivity contribution in [2.75, 3.05) is 11.7 Å². The molecule has 0 spiro atoms. The van der Waals surface area contributed by atoms with Crippen molar-refractivity contribution < 1.29 is 23.1 Å². The van der Waals surface area contributed by atoms with Gasteiger partial charge >= 0.3 is 13.7 Å². The van der Waals surface area contributed by atoms with Crippen molar-refractivity contribution in [2.24, 2.45) is 0 Å². The predicted octanol–water partition coefficient (Wildman–Crippen LogP) is 6.77. The second-order valence-corrected chi connectivity index (χ2v) is 9.07. The minimum atomic E-state index is -3.90. The smallest absolute Gasteiger partial charge is 0.462 e. The van der Waals surface area contributed by atoms with E-state index < -0.39 is 13.7 Å². The van der Waals surface area contributed by atoms with Crippen molar-refractivity contribution in [3.05, 3.63) is 88.5 Å². The molecule has 0 radical (unpaired) electrons. The highest BCUT2D eigenvalue weighted by molar-refractivity contribution is 7.56. The lowest BCUT2D eigenvalue weighted by Gasteiger charge is -2.23. The number of rotatable bonds is 8. The van der Waals surface area contributed by atoms with Gasteiger partial charge in [-0.25, -0.2) is 9.36 Å². The first-order valence-electron chi connectivity index (χ1n) is 10.4. The number of carbonyl (C=O) groups is 1. The summed E-state index contributed by atoms with van der Waals surface area (Å²) >= 11 is 0. The van der Waals surface area contributed by atoms with E-state index in [4.69, 9.17) is 13.8 Å². The third kappa shape index (κ3) is 5.51. The molecule has 0 aromatic heterocycles. The molecule has 7 heteroatoms. The van der Waals surface area contributed by atoms with Crippen LogP contribution in [0.1, 0.15) is 39.5 Å². The van der Waals surface area contributed by atoms with Gasteiger partial charge in [0, 0.05) is 5.69 Å². The molecule has 0 fully saturated rings. The molecule has 0 aliphatic rings. The highest BCUT2D eigenvalue weighted by Crippen LogP contribution is 2.50. The Hall–Kier alpha value is -3.24. The van der Waals surface area contributed by atoms with Crippen molar-refractivity contribution in [1.29, 1.82) is 0 Å². The molecule has 1 N–H and O–H groups in total. The number of nitrogens with one attached hydrogen (secondary N) is 1. The van der Waals surface area contributed by atoms with Gasteiger partial charge in [0.05, 0.1) is 12.2 Å². The molecule has 0 saturated carbocycles. The summed E-state index contributed by atoms with van der Waals surface area (Å²) in [6, 6.07) is 17.6. The van der Waals surface area contributed by atoms with E-state index in [9.17, 15) is 9.36 Å². The predicted molar refractivity (Wildman–Crippen MR) is 127 cm³/mol. The average Bonchev–Trinajstić information content (AvgIpc) is 2.75. The molecule has 6 nitrogen and oxygen atoms in total. The lowest BCUT2D eigenvalue weighted by Crippen LogP contribution is -2.11. The van der Waals surface area contributed by atoms with Crippen molar-refractivity contribution >= 4 is 19.4 Å². The van der Waals surface area contributed by atoms with E-state index in [1.807, 2.05) is 52.0 Å². The topological polar surface area (TPSA) is 73.9 Å². The summed E-state index contributed by atoms with van der Waals surface area (Å²) in [5.41, 5.74) is 4.66. The molecule has 3 rings (SSSR count). The molecule has 0 unspecified atom stereocenters. The Bertz CT molecular complexity index is 1100. The number of benzene rings is 3. The summed E-state index contributed by atoms with van der Waals surface area (Å²) in [6.07, 6.45) is 0. The molecule has 0 amide bonds. The van der Waals surface area contributed by atoms with Gasteiger partial charge in [0.2, 0.25) is 0 Å². The van der Waals surface area contributed by atoms with Crippen LogP contribution < -0.4 is 14.1 Å². The Labute approximate surface area is 189 Å². The van der Waals surface area contributed by atoms with Crippen LogP contribution in [0.2, 0.25) is 0 Å². The monoisotopic (exact) mass is 453 g/mol. The van der Waals surface area contributed by atoms with E-state index in [2.05, 4.69) is 5.09 Å². The molecule has 3 aromatic carbocycles. The van der Waals surface area contributed by atoms with E-state index in [0.29, 0.717) is 29.4 Å². The fourth-order valence-corrected chi connectivity index (χ4v) is 4.53. The summed E-state index contributed by atoms with van der Waals surface area (Å²) in [4.78, 5) is 11.9. The fraction of sp³-hybridized carbons (Fsp3) is 0.240. The Morgan fingerprint density at radius 3 is 1.78 bits per heavy atom. The molecule has 3 aromatic rings. The first-order valence-corrected chi connectivity index (χ1v) is 11.9. The zero-order valence-corrected chi connectivity index (χ0v) is 19.9. The molecule has 0 aliphatic carbocycles. The van der Waals surface area contributed by atoms with Crippen LogP contribution in [0, 0.1) is 27.7 Å². The van der Waals surface area contributed by atoms with E-state index in [1.54, 1.807) is 43.3 Å². The van der Waals surface area contributed by atoms with Crippen molar-refractivity contribution in [2.45, 2.75) is 34.6 Å². The first-order chi connectivity index (χ1) is 15.2. The van der Waals surface area contributed by atoms with Crippen LogP contribution in [0.15, 0.2) is 60.7 Å². The fourth-order valence-electron chi connectivity index (χ4n) is 3.02. The number of esters is 1. The summed E-state index contributed by atoms with van der Waals surface area (Å²) in [6.45, 7) is 9.77. The Balaban J connectivity index is 1.94. The summed E-state index contributed by atoms with van der Waals surface area (Å²) in [7, 11) is -3.90. The number of ether oxygens (including phenoxy) is 1. The van der Waals surface area contributed by atoms with Crippen LogP contribution in [0.25, 0.3) is 0 Å². The second kappa shape index (κ2) is 9.92. The van der Waals surface area contributed by atoms with Crippen LogP contribution in [0.5, 0.6) is 11.5 Å². The maximum Gasteiger partial charge on any atom is 0.541 e. The summed E-state index contributed by atoms with van der Waals surface area (Å²) in [5, 5.41) is 2.90. The van der Waals surface area contributed by atoms with Crippen molar-refractivity contribution in [3.63, 3.8) is 0 Å². The number of anilines is 1. The third-order valence-electron chi connectivity index (χ3n) is 5.21. The van der Waals surface area contributed by atoms with E-state index in [1.165, 1.54) is 0 Å². The van der Waals surface area contributed by atoms with Gasteiger partial charge in [-0.3, -0.25) is 5.09 Å². The molecule has 0 saturated heterocycles. The van der Waals surface area contributed by atoms with Gasteiger partial charge in [-0.2, -0.15) is 0 Å². The highest BCUT2D eigenvalue weighted by Gasteiger charge is 2.31. The zero-order valence-electron chi connectivity index (χ0n) is 19.0. The molecule has 0 heterocycles. The Kier molecular flexibility index (Phi) is 7.26. The van der Waals surface area contributed by atoms with Crippen molar-refractivity contribution in [3.8, 4) is 11.5 Å². The molecular weight excluding hydrogens is 425 g/mol. The molecule has 32 heavy (non-hydrogen) atoms. The number of hydrogen-bond donors (Lipinski definition) is 1. The lowest BCUT2D eigenvalue weighted by molar-refractivity contribution is 0.0526. The van der Waals surface area contributed by atoms with Crippen molar-refractivity contribution in [1.82, 2.24) is 0 Å². The maximum atomic E-state index is 13.9. The van der Waals surface area contributed by atoms with Crippen LogP contribution >= 0.6 is 7.75 Å². The number of hydrogen-bond acceptors (Lipinski definition) is 5.